The van der Waals surface area contributed by atoms with Crippen LogP contribution in [0.4, 0.5) is 4.39 Å². The summed E-state index contributed by atoms with van der Waals surface area (Å²) in [5, 5.41) is 5.19. The zero-order valence-corrected chi connectivity index (χ0v) is 21.8. The summed E-state index contributed by atoms with van der Waals surface area (Å²) >= 11 is 0. The molecule has 1 fully saturated rings. The average Bonchev–Trinajstić information content (AvgIpc) is 2.85. The van der Waals surface area contributed by atoms with Crippen molar-refractivity contribution < 1.29 is 18.7 Å². The minimum atomic E-state index is -0.974. The third-order valence-electron chi connectivity index (χ3n) is 6.64. The summed E-state index contributed by atoms with van der Waals surface area (Å²) in [6.45, 7) is 0.838. The Kier molecular flexibility index (Phi) is 7.91. The van der Waals surface area contributed by atoms with Crippen LogP contribution in [0, 0.1) is 0 Å². The highest BCUT2D eigenvalue weighted by molar-refractivity contribution is 6.66. The molecular weight excluding hydrogens is 469 g/mol. The van der Waals surface area contributed by atoms with Gasteiger partial charge in [0.05, 0.1) is 35.3 Å². The number of nitrogens with zero attached hydrogens (tertiary/aromatic N) is 4. The van der Waals surface area contributed by atoms with Gasteiger partial charge in [-0.25, -0.2) is 19.3 Å². The minimum absolute atomic E-state index is 0.120. The van der Waals surface area contributed by atoms with E-state index in [-0.39, 0.29) is 23.5 Å². The molecule has 0 bridgehead atoms. The number of nitrogens with one attached hydrogen (secondary N) is 2. The molecule has 0 aliphatic carbocycles. The summed E-state index contributed by atoms with van der Waals surface area (Å²) in [7, 11) is 10.4. The molecule has 0 aromatic carbocycles. The van der Waals surface area contributed by atoms with Gasteiger partial charge in [-0.3, -0.25) is 9.78 Å². The van der Waals surface area contributed by atoms with E-state index in [0.717, 1.165) is 0 Å². The quantitative estimate of drug-likeness (QED) is 0.327. The number of aromatic nitrogens is 4. The lowest BCUT2D eigenvalue weighted by Gasteiger charge is -2.40. The van der Waals surface area contributed by atoms with E-state index < -0.39 is 11.6 Å². The van der Waals surface area contributed by atoms with Gasteiger partial charge < -0.3 is 20.1 Å². The van der Waals surface area contributed by atoms with Crippen molar-refractivity contribution >= 4 is 45.1 Å². The maximum Gasteiger partial charge on any atom is 0.262 e. The molecule has 9 nitrogen and oxygen atoms in total. The number of carbonyl (C=O) groups excluding carboxylic acids is 1. The Morgan fingerprint density at radius 1 is 1.08 bits per heavy atom. The van der Waals surface area contributed by atoms with Gasteiger partial charge in [0.2, 0.25) is 0 Å². The van der Waals surface area contributed by atoms with Gasteiger partial charge >= 0.3 is 0 Å². The van der Waals surface area contributed by atoms with Gasteiger partial charge in [-0.1, -0.05) is 5.11 Å². The van der Waals surface area contributed by atoms with E-state index in [2.05, 4.69) is 54.1 Å². The van der Waals surface area contributed by atoms with Crippen LogP contribution in [0.25, 0.3) is 11.4 Å². The Morgan fingerprint density at radius 3 is 2.54 bits per heavy atom. The largest absolute Gasteiger partial charge is 0.502 e. The summed E-state index contributed by atoms with van der Waals surface area (Å²) in [6.07, 6.45) is 6.99. The molecule has 1 saturated heterocycles. The monoisotopic (exact) mass is 498 g/mol. The second-order valence-electron chi connectivity index (χ2n) is 10.6. The van der Waals surface area contributed by atoms with Gasteiger partial charge in [0.1, 0.15) is 27.6 Å². The van der Waals surface area contributed by atoms with E-state index >= 15 is 0 Å². The molecule has 2 N–H and O–H groups in total. The van der Waals surface area contributed by atoms with Crippen molar-refractivity contribution in [3.8, 4) is 28.8 Å². The highest BCUT2D eigenvalue weighted by atomic mass is 19.1. The molecule has 186 valence electrons. The fourth-order valence-electron chi connectivity index (χ4n) is 3.53. The predicted octanol–water partition coefficient (Wildman–Crippen LogP) is -2.57. The van der Waals surface area contributed by atoms with Crippen molar-refractivity contribution in [2.75, 3.05) is 13.1 Å². The summed E-state index contributed by atoms with van der Waals surface area (Å²) < 4.78 is 25.9. The molecule has 37 heavy (non-hydrogen) atoms. The van der Waals surface area contributed by atoms with Crippen molar-refractivity contribution in [1.82, 2.24) is 30.6 Å². The molecule has 2 atom stereocenters. The molecule has 4 heterocycles. The SMILES string of the molecule is BC(B)(B)C(B)(B)Oc1cccnc1Oc1cncc(-c2ncc(C(=O)N[C@@H]3CNC[C@@H](F)C3)cn2)c1. The number of pyridine rings is 2. The first-order chi connectivity index (χ1) is 17.5. The molecule has 15 heteroatoms. The smallest absolute Gasteiger partial charge is 0.262 e. The summed E-state index contributed by atoms with van der Waals surface area (Å²) in [6, 6.07) is 5.08. The molecule has 1 amide bonds. The summed E-state index contributed by atoms with van der Waals surface area (Å²) in [5.41, 5.74) is 0.900. The van der Waals surface area contributed by atoms with Gasteiger partial charge in [0.25, 0.3) is 11.8 Å². The third-order valence-corrected chi connectivity index (χ3v) is 6.64. The van der Waals surface area contributed by atoms with Crippen LogP contribution in [0.1, 0.15) is 16.8 Å². The van der Waals surface area contributed by atoms with Gasteiger partial charge in [0.15, 0.2) is 11.6 Å². The zero-order chi connectivity index (χ0) is 26.6. The molecule has 1 aliphatic rings. The number of rotatable bonds is 8. The highest BCUT2D eigenvalue weighted by Crippen LogP contribution is 2.35. The van der Waals surface area contributed by atoms with E-state index in [0.29, 0.717) is 47.4 Å². The van der Waals surface area contributed by atoms with Gasteiger partial charge in [-0.2, -0.15) is 0 Å². The number of piperidine rings is 1. The van der Waals surface area contributed by atoms with Crippen LogP contribution in [0.3, 0.4) is 0 Å². The van der Waals surface area contributed by atoms with Gasteiger partial charge in [-0.15, -0.1) is 0 Å². The Labute approximate surface area is 220 Å². The highest BCUT2D eigenvalue weighted by Gasteiger charge is 2.35. The predicted molar refractivity (Wildman–Crippen MR) is 152 cm³/mol. The van der Waals surface area contributed by atoms with Crippen molar-refractivity contribution in [3.63, 3.8) is 0 Å². The Morgan fingerprint density at radius 2 is 1.84 bits per heavy atom. The Hall–Kier alpha value is -3.34. The van der Waals surface area contributed by atoms with Crippen LogP contribution in [0.15, 0.2) is 49.2 Å². The number of alkyl halides is 1. The maximum absolute atomic E-state index is 13.6. The standard InChI is InChI=1S/C22H28B5FN6O3/c23-21(24,25)22(26,27)37-17-2-1-3-31-20(17)36-16-4-12(6-29-11-16)18-32-7-13(8-33-18)19(35)34-15-5-14(28)9-30-10-15/h1-4,6-8,11,14-15,30H,5,9-10,23-27H2,(H,34,35)/t14-,15-/m0/s1. The van der Waals surface area contributed by atoms with Crippen LogP contribution >= 0.6 is 0 Å². The molecular formula is C22H28B5FN6O3. The van der Waals surface area contributed by atoms with E-state index in [9.17, 15) is 9.18 Å². The Bertz CT molecular complexity index is 1250. The number of ether oxygens (including phenoxy) is 2. The zero-order valence-electron chi connectivity index (χ0n) is 21.8. The molecule has 0 unspecified atom stereocenters. The van der Waals surface area contributed by atoms with Crippen LogP contribution in [-0.4, -0.2) is 95.8 Å². The lowest BCUT2D eigenvalue weighted by molar-refractivity contribution is 0.0918. The fourth-order valence-corrected chi connectivity index (χ4v) is 3.53. The van der Waals surface area contributed by atoms with E-state index in [1.54, 1.807) is 30.7 Å². The maximum atomic E-state index is 13.6. The number of hydrogen-bond donors (Lipinski definition) is 2. The second-order valence-corrected chi connectivity index (χ2v) is 10.6. The lowest BCUT2D eigenvalue weighted by atomic mass is 9.28. The van der Waals surface area contributed by atoms with E-state index in [1.165, 1.54) is 12.4 Å². The number of carbonyl (C=O) groups is 1. The third kappa shape index (κ3) is 6.71. The van der Waals surface area contributed by atoms with E-state index in [4.69, 9.17) is 9.47 Å². The fraction of sp³-hybridized carbons (Fsp3) is 0.318. The molecule has 0 radical (unpaired) electrons. The topological polar surface area (TPSA) is 111 Å². The number of halogens is 1. The molecule has 0 saturated carbocycles. The van der Waals surface area contributed by atoms with Crippen molar-refractivity contribution in [2.45, 2.75) is 29.1 Å². The van der Waals surface area contributed by atoms with Gasteiger partial charge in [0, 0.05) is 61.3 Å². The average molecular weight is 498 g/mol. The molecule has 3 aromatic heterocycles. The van der Waals surface area contributed by atoms with Gasteiger partial charge in [-0.05, 0) is 18.2 Å². The summed E-state index contributed by atoms with van der Waals surface area (Å²) in [4.78, 5) is 29.8. The molecule has 3 aromatic rings. The van der Waals surface area contributed by atoms with Crippen molar-refractivity contribution in [1.29, 1.82) is 0 Å². The Balaban J connectivity index is 1.47. The molecule has 4 rings (SSSR count). The second kappa shape index (κ2) is 11.0. The first kappa shape index (κ1) is 26.7. The molecule has 0 spiro atoms. The first-order valence-corrected chi connectivity index (χ1v) is 12.3. The van der Waals surface area contributed by atoms with Crippen LogP contribution in [0.5, 0.6) is 17.4 Å². The number of hydrogen-bond acceptors (Lipinski definition) is 8. The normalized spacial score (nSPS) is 18.1. The first-order valence-electron chi connectivity index (χ1n) is 12.3. The van der Waals surface area contributed by atoms with Crippen molar-refractivity contribution in [2.24, 2.45) is 0 Å². The minimum Gasteiger partial charge on any atom is -0.502 e. The van der Waals surface area contributed by atoms with Crippen LogP contribution < -0.4 is 20.1 Å². The van der Waals surface area contributed by atoms with Crippen LogP contribution in [-0.2, 0) is 0 Å². The van der Waals surface area contributed by atoms with Crippen LogP contribution in [0.2, 0.25) is 5.11 Å². The summed E-state index contributed by atoms with van der Waals surface area (Å²) in [5.74, 6) is 1.31. The lowest BCUT2D eigenvalue weighted by Crippen LogP contribution is -2.50. The van der Waals surface area contributed by atoms with Crippen molar-refractivity contribution in [3.05, 3.63) is 54.7 Å². The molecule has 1 aliphatic heterocycles. The van der Waals surface area contributed by atoms with E-state index in [1.807, 2.05) is 21.8 Å². The number of amides is 1.